The molecule has 36 heavy (non-hydrogen) atoms. The number of ether oxygens (including phenoxy) is 1. The van der Waals surface area contributed by atoms with Gasteiger partial charge in [-0.3, -0.25) is 14.6 Å². The molecule has 200 valence electrons. The largest absolute Gasteiger partial charge is 0.444 e. The molecular weight excluding hydrogens is 493 g/mol. The highest BCUT2D eigenvalue weighted by Crippen LogP contribution is 2.36. The number of nitrogens with two attached hydrogens (primary N) is 1. The second kappa shape index (κ2) is 10.4. The minimum absolute atomic E-state index is 0.0541. The minimum Gasteiger partial charge on any atom is -0.444 e. The predicted molar refractivity (Wildman–Crippen MR) is 132 cm³/mol. The molecule has 0 radical (unpaired) electrons. The third-order valence-corrected chi connectivity index (χ3v) is 8.09. The Kier molecular flexibility index (Phi) is 7.83. The number of alkyl halides is 3. The summed E-state index contributed by atoms with van der Waals surface area (Å²) < 4.78 is 44.4. The van der Waals surface area contributed by atoms with Gasteiger partial charge in [0, 0.05) is 31.4 Å². The van der Waals surface area contributed by atoms with E-state index in [1.807, 2.05) is 0 Å². The first-order valence-electron chi connectivity index (χ1n) is 12.4. The van der Waals surface area contributed by atoms with Crippen LogP contribution in [0.3, 0.4) is 0 Å². The number of hydrogen-bond donors (Lipinski definition) is 1. The van der Waals surface area contributed by atoms with Gasteiger partial charge in [-0.05, 0) is 63.6 Å². The zero-order chi connectivity index (χ0) is 26.3. The van der Waals surface area contributed by atoms with Gasteiger partial charge in [0.25, 0.3) is 0 Å². The highest BCUT2D eigenvalue weighted by Gasteiger charge is 2.46. The van der Waals surface area contributed by atoms with E-state index in [0.717, 1.165) is 29.9 Å². The van der Waals surface area contributed by atoms with Crippen LogP contribution in [-0.4, -0.2) is 81.8 Å². The molecule has 3 fully saturated rings. The van der Waals surface area contributed by atoms with Gasteiger partial charge in [-0.25, -0.2) is 4.79 Å². The van der Waals surface area contributed by atoms with Gasteiger partial charge >= 0.3 is 12.3 Å². The van der Waals surface area contributed by atoms with Crippen molar-refractivity contribution in [1.29, 1.82) is 0 Å². The molecule has 3 aliphatic rings. The van der Waals surface area contributed by atoms with Crippen LogP contribution in [0.2, 0.25) is 0 Å². The van der Waals surface area contributed by atoms with Crippen molar-refractivity contribution in [3.05, 3.63) is 35.4 Å². The zero-order valence-electron chi connectivity index (χ0n) is 21.0. The molecule has 0 saturated carbocycles. The molecule has 2 amide bonds. The Morgan fingerprint density at radius 3 is 2.33 bits per heavy atom. The molecule has 1 aromatic rings. The van der Waals surface area contributed by atoms with E-state index in [-0.39, 0.29) is 24.0 Å². The minimum atomic E-state index is -4.36. The molecule has 3 aliphatic heterocycles. The lowest BCUT2D eigenvalue weighted by Gasteiger charge is -2.41. The van der Waals surface area contributed by atoms with Crippen molar-refractivity contribution in [2.24, 2.45) is 5.73 Å². The number of benzene rings is 1. The molecule has 3 saturated heterocycles. The van der Waals surface area contributed by atoms with Gasteiger partial charge in [0.1, 0.15) is 11.6 Å². The summed E-state index contributed by atoms with van der Waals surface area (Å²) in [7, 11) is 0. The standard InChI is InChI=1S/C25H35F3N4O3S/c1-24(2,3)35-23(34)32-14-19(13-20(32)22(33)30-10-11-36-15-30)31-9-8-17(12-21(31)29)16-4-6-18(7-5-16)25(26,27)28/h4-7,17,19-21H,8-15,29H2,1-3H3/t17?,19-,20-,21?/m0/s1. The van der Waals surface area contributed by atoms with E-state index in [1.165, 1.54) is 0 Å². The van der Waals surface area contributed by atoms with Crippen LogP contribution < -0.4 is 5.73 Å². The van der Waals surface area contributed by atoms with Gasteiger partial charge in [-0.1, -0.05) is 12.1 Å². The van der Waals surface area contributed by atoms with E-state index < -0.39 is 29.5 Å². The van der Waals surface area contributed by atoms with Crippen LogP contribution in [-0.2, 0) is 15.7 Å². The number of piperidine rings is 1. The van der Waals surface area contributed by atoms with Crippen molar-refractivity contribution in [2.75, 3.05) is 31.3 Å². The fourth-order valence-corrected chi connectivity index (χ4v) is 6.28. The average molecular weight is 529 g/mol. The lowest BCUT2D eigenvalue weighted by Crippen LogP contribution is -2.53. The molecule has 0 aromatic heterocycles. The monoisotopic (exact) mass is 528 g/mol. The molecule has 3 heterocycles. The Morgan fingerprint density at radius 2 is 1.78 bits per heavy atom. The van der Waals surface area contributed by atoms with Crippen LogP contribution >= 0.6 is 11.8 Å². The fourth-order valence-electron chi connectivity index (χ4n) is 5.32. The average Bonchev–Trinajstić information content (AvgIpc) is 3.48. The molecule has 7 nitrogen and oxygen atoms in total. The van der Waals surface area contributed by atoms with E-state index >= 15 is 0 Å². The molecule has 0 bridgehead atoms. The summed E-state index contributed by atoms with van der Waals surface area (Å²) in [4.78, 5) is 31.8. The number of halogens is 3. The number of thioether (sulfide) groups is 1. The molecule has 11 heteroatoms. The fraction of sp³-hybridized carbons (Fsp3) is 0.680. The molecule has 0 aliphatic carbocycles. The van der Waals surface area contributed by atoms with Crippen molar-refractivity contribution in [3.8, 4) is 0 Å². The van der Waals surface area contributed by atoms with Gasteiger partial charge in [-0.2, -0.15) is 13.2 Å². The van der Waals surface area contributed by atoms with E-state index in [0.29, 0.717) is 38.4 Å². The Bertz CT molecular complexity index is 947. The van der Waals surface area contributed by atoms with E-state index in [4.69, 9.17) is 10.5 Å². The van der Waals surface area contributed by atoms with Crippen LogP contribution in [0.4, 0.5) is 18.0 Å². The van der Waals surface area contributed by atoms with Gasteiger partial charge < -0.3 is 15.4 Å². The van der Waals surface area contributed by atoms with E-state index in [9.17, 15) is 22.8 Å². The molecule has 1 aromatic carbocycles. The highest BCUT2D eigenvalue weighted by molar-refractivity contribution is 7.99. The maximum absolute atomic E-state index is 13.3. The third-order valence-electron chi connectivity index (χ3n) is 7.12. The molecule has 4 atom stereocenters. The van der Waals surface area contributed by atoms with Crippen LogP contribution in [0.15, 0.2) is 24.3 Å². The van der Waals surface area contributed by atoms with Gasteiger partial charge in [0.15, 0.2) is 0 Å². The normalized spacial score (nSPS) is 28.0. The Morgan fingerprint density at radius 1 is 1.08 bits per heavy atom. The first-order chi connectivity index (χ1) is 16.8. The Labute approximate surface area is 214 Å². The first-order valence-corrected chi connectivity index (χ1v) is 13.5. The second-order valence-corrected chi connectivity index (χ2v) is 11.9. The molecule has 2 N–H and O–H groups in total. The first kappa shape index (κ1) is 27.1. The lowest BCUT2D eigenvalue weighted by molar-refractivity contribution is -0.137. The number of nitrogens with zero attached hydrogens (tertiary/aromatic N) is 3. The number of amides is 2. The van der Waals surface area contributed by atoms with Crippen molar-refractivity contribution in [3.63, 3.8) is 0 Å². The molecule has 4 rings (SSSR count). The maximum atomic E-state index is 13.3. The Balaban J connectivity index is 1.45. The van der Waals surface area contributed by atoms with Crippen LogP contribution in [0.5, 0.6) is 0 Å². The van der Waals surface area contributed by atoms with Crippen molar-refractivity contribution in [1.82, 2.24) is 14.7 Å². The quantitative estimate of drug-likeness (QED) is 0.637. The summed E-state index contributed by atoms with van der Waals surface area (Å²) >= 11 is 1.70. The lowest BCUT2D eigenvalue weighted by atomic mass is 9.86. The van der Waals surface area contributed by atoms with Crippen LogP contribution in [0, 0.1) is 0 Å². The summed E-state index contributed by atoms with van der Waals surface area (Å²) in [6.07, 6.45) is -3.37. The number of hydrogen-bond acceptors (Lipinski definition) is 6. The maximum Gasteiger partial charge on any atom is 0.416 e. The second-order valence-electron chi connectivity index (χ2n) is 10.8. The van der Waals surface area contributed by atoms with Crippen molar-refractivity contribution < 1.29 is 27.5 Å². The van der Waals surface area contributed by atoms with Gasteiger partial charge in [0.05, 0.1) is 17.6 Å². The summed E-state index contributed by atoms with van der Waals surface area (Å²) in [5.74, 6) is 1.51. The topological polar surface area (TPSA) is 79.1 Å². The zero-order valence-corrected chi connectivity index (χ0v) is 21.8. The van der Waals surface area contributed by atoms with E-state index in [2.05, 4.69) is 4.90 Å². The number of carbonyl (C=O) groups is 2. The molecular formula is C25H35F3N4O3S. The van der Waals surface area contributed by atoms with Crippen molar-refractivity contribution >= 4 is 23.8 Å². The summed E-state index contributed by atoms with van der Waals surface area (Å²) in [6, 6.07) is 4.64. The third kappa shape index (κ3) is 6.11. The summed E-state index contributed by atoms with van der Waals surface area (Å²) in [5.41, 5.74) is 6.08. The van der Waals surface area contributed by atoms with Crippen LogP contribution in [0.1, 0.15) is 57.1 Å². The number of rotatable bonds is 3. The SMILES string of the molecule is CC(C)(C)OC(=O)N1C[C@@H](N2CCC(c3ccc(C(F)(F)F)cc3)CC2N)C[C@H]1C(=O)N1CCSC1. The van der Waals surface area contributed by atoms with Crippen LogP contribution in [0.25, 0.3) is 0 Å². The summed E-state index contributed by atoms with van der Waals surface area (Å²) in [6.45, 7) is 7.06. The highest BCUT2D eigenvalue weighted by atomic mass is 32.2. The summed E-state index contributed by atoms with van der Waals surface area (Å²) in [5, 5.41) is 0. The Hall–Kier alpha value is -1.98. The van der Waals surface area contributed by atoms with Gasteiger partial charge in [-0.15, -0.1) is 11.8 Å². The smallest absolute Gasteiger partial charge is 0.416 e. The van der Waals surface area contributed by atoms with Crippen molar-refractivity contribution in [2.45, 2.75) is 76.0 Å². The molecule has 2 unspecified atom stereocenters. The van der Waals surface area contributed by atoms with E-state index in [1.54, 1.807) is 54.5 Å². The molecule has 0 spiro atoms. The van der Waals surface area contributed by atoms with Gasteiger partial charge in [0.2, 0.25) is 5.91 Å². The number of likely N-dealkylation sites (tertiary alicyclic amines) is 2. The number of carbonyl (C=O) groups excluding carboxylic acids is 2. The predicted octanol–water partition coefficient (Wildman–Crippen LogP) is 4.08.